The second-order valence-corrected chi connectivity index (χ2v) is 6.45. The molecule has 1 aromatic rings. The van der Waals surface area contributed by atoms with Crippen molar-refractivity contribution >= 4 is 32.9 Å². The highest BCUT2D eigenvalue weighted by atomic mass is 32.2. The molecule has 0 heterocycles. The first kappa shape index (κ1) is 15.9. The summed E-state index contributed by atoms with van der Waals surface area (Å²) in [5, 5.41) is 0. The van der Waals surface area contributed by atoms with Crippen molar-refractivity contribution in [3.63, 3.8) is 0 Å². The summed E-state index contributed by atoms with van der Waals surface area (Å²) in [4.78, 5) is 0.238. The van der Waals surface area contributed by atoms with Crippen LogP contribution in [0.5, 0.6) is 0 Å². The lowest BCUT2D eigenvalue weighted by molar-refractivity contribution is 0.163. The Morgan fingerprint density at radius 3 is 2.74 bits per heavy atom. The molecule has 1 aromatic carbocycles. The molecule has 0 fully saturated rings. The van der Waals surface area contributed by atoms with Crippen LogP contribution in [-0.4, -0.2) is 39.4 Å². The van der Waals surface area contributed by atoms with Gasteiger partial charge in [0.2, 0.25) is 10.0 Å². The highest BCUT2D eigenvalue weighted by molar-refractivity contribution is 7.92. The first-order valence-corrected chi connectivity index (χ1v) is 7.84. The molecule has 0 aromatic heterocycles. The SMILES string of the molecule is CCOCCS(=O)(=O)N(C)c1cccc(C(N)=S)c1. The Kier molecular flexibility index (Phi) is 5.71. The summed E-state index contributed by atoms with van der Waals surface area (Å²) in [5.41, 5.74) is 6.70. The van der Waals surface area contributed by atoms with Crippen LogP contribution in [0.25, 0.3) is 0 Å². The number of thiocarbonyl (C=S) groups is 1. The van der Waals surface area contributed by atoms with Gasteiger partial charge in [0, 0.05) is 19.2 Å². The molecule has 0 saturated heterocycles. The molecule has 0 radical (unpaired) electrons. The molecule has 1 rings (SSSR count). The van der Waals surface area contributed by atoms with E-state index >= 15 is 0 Å². The number of nitrogens with zero attached hydrogens (tertiary/aromatic N) is 1. The van der Waals surface area contributed by atoms with Crippen molar-refractivity contribution in [1.29, 1.82) is 0 Å². The minimum atomic E-state index is -3.40. The van der Waals surface area contributed by atoms with E-state index < -0.39 is 10.0 Å². The Bertz CT molecular complexity index is 544. The fraction of sp³-hybridized carbons (Fsp3) is 0.417. The molecular formula is C12H18N2O3S2. The number of rotatable bonds is 7. The molecule has 0 unspecified atom stereocenters. The van der Waals surface area contributed by atoms with Gasteiger partial charge in [0.25, 0.3) is 0 Å². The predicted octanol–water partition coefficient (Wildman–Crippen LogP) is 1.12. The van der Waals surface area contributed by atoms with Gasteiger partial charge in [-0.05, 0) is 19.1 Å². The van der Waals surface area contributed by atoms with Gasteiger partial charge in [-0.1, -0.05) is 24.4 Å². The van der Waals surface area contributed by atoms with Crippen molar-refractivity contribution in [3.05, 3.63) is 29.8 Å². The number of ether oxygens (including phenoxy) is 1. The van der Waals surface area contributed by atoms with E-state index in [0.29, 0.717) is 17.9 Å². The van der Waals surface area contributed by atoms with Crippen LogP contribution in [0.15, 0.2) is 24.3 Å². The number of sulfonamides is 1. The summed E-state index contributed by atoms with van der Waals surface area (Å²) in [6, 6.07) is 6.81. The molecule has 0 atom stereocenters. The normalized spacial score (nSPS) is 11.3. The van der Waals surface area contributed by atoms with Crippen LogP contribution in [0.4, 0.5) is 5.69 Å². The summed E-state index contributed by atoms with van der Waals surface area (Å²) in [6.07, 6.45) is 0. The summed E-state index contributed by atoms with van der Waals surface area (Å²) in [7, 11) is -1.90. The van der Waals surface area contributed by atoms with Crippen LogP contribution in [0, 0.1) is 0 Å². The van der Waals surface area contributed by atoms with Crippen molar-refractivity contribution < 1.29 is 13.2 Å². The molecule has 0 aliphatic carbocycles. The molecule has 0 saturated carbocycles. The van der Waals surface area contributed by atoms with Crippen molar-refractivity contribution in [3.8, 4) is 0 Å². The minimum absolute atomic E-state index is 0.0609. The molecule has 0 aliphatic heterocycles. The molecular weight excluding hydrogens is 284 g/mol. The van der Waals surface area contributed by atoms with E-state index in [1.165, 1.54) is 11.4 Å². The fourth-order valence-corrected chi connectivity index (χ4v) is 2.63. The quantitative estimate of drug-likeness (QED) is 0.604. The summed E-state index contributed by atoms with van der Waals surface area (Å²) in [5.74, 6) is -0.0609. The smallest absolute Gasteiger partial charge is 0.237 e. The van der Waals surface area contributed by atoms with Crippen molar-refractivity contribution in [1.82, 2.24) is 0 Å². The number of nitrogens with two attached hydrogens (primary N) is 1. The summed E-state index contributed by atoms with van der Waals surface area (Å²) in [6.45, 7) is 2.50. The van der Waals surface area contributed by atoms with E-state index in [4.69, 9.17) is 22.7 Å². The van der Waals surface area contributed by atoms with Crippen molar-refractivity contribution in [2.24, 2.45) is 5.73 Å². The number of anilines is 1. The van der Waals surface area contributed by atoms with E-state index in [-0.39, 0.29) is 17.3 Å². The van der Waals surface area contributed by atoms with E-state index in [1.807, 2.05) is 6.92 Å². The van der Waals surface area contributed by atoms with E-state index in [0.717, 1.165) is 0 Å². The average molecular weight is 302 g/mol. The third-order valence-corrected chi connectivity index (χ3v) is 4.56. The fourth-order valence-electron chi connectivity index (χ4n) is 1.46. The van der Waals surface area contributed by atoms with Gasteiger partial charge in [-0.2, -0.15) is 0 Å². The Morgan fingerprint density at radius 2 is 2.16 bits per heavy atom. The van der Waals surface area contributed by atoms with Crippen LogP contribution in [0.3, 0.4) is 0 Å². The Hall–Kier alpha value is -1.18. The molecule has 7 heteroatoms. The molecule has 5 nitrogen and oxygen atoms in total. The van der Waals surface area contributed by atoms with Gasteiger partial charge >= 0.3 is 0 Å². The molecule has 2 N–H and O–H groups in total. The van der Waals surface area contributed by atoms with Crippen LogP contribution in [-0.2, 0) is 14.8 Å². The van der Waals surface area contributed by atoms with Crippen molar-refractivity contribution in [2.45, 2.75) is 6.92 Å². The number of benzene rings is 1. The van der Waals surface area contributed by atoms with Crippen LogP contribution in [0.2, 0.25) is 0 Å². The lowest BCUT2D eigenvalue weighted by atomic mass is 10.2. The number of hydrogen-bond donors (Lipinski definition) is 1. The first-order chi connectivity index (χ1) is 8.88. The zero-order valence-electron chi connectivity index (χ0n) is 11.0. The topological polar surface area (TPSA) is 72.6 Å². The maximum atomic E-state index is 12.1. The Morgan fingerprint density at radius 1 is 1.47 bits per heavy atom. The van der Waals surface area contributed by atoms with E-state index in [1.54, 1.807) is 24.3 Å². The standard InChI is InChI=1S/C12H18N2O3S2/c1-3-17-7-8-19(15,16)14(2)11-6-4-5-10(9-11)12(13)18/h4-6,9H,3,7-8H2,1-2H3,(H2,13,18). The molecule has 0 amide bonds. The third-order valence-electron chi connectivity index (χ3n) is 2.60. The minimum Gasteiger partial charge on any atom is -0.389 e. The lowest BCUT2D eigenvalue weighted by Crippen LogP contribution is -2.31. The van der Waals surface area contributed by atoms with Gasteiger partial charge in [0.1, 0.15) is 4.99 Å². The van der Waals surface area contributed by atoms with Crippen LogP contribution < -0.4 is 10.0 Å². The van der Waals surface area contributed by atoms with Gasteiger partial charge in [0.05, 0.1) is 18.0 Å². The van der Waals surface area contributed by atoms with Gasteiger partial charge < -0.3 is 10.5 Å². The molecule has 0 aliphatic rings. The first-order valence-electron chi connectivity index (χ1n) is 5.82. The van der Waals surface area contributed by atoms with Crippen molar-refractivity contribution in [2.75, 3.05) is 30.3 Å². The molecule has 106 valence electrons. The van der Waals surface area contributed by atoms with E-state index in [9.17, 15) is 8.42 Å². The zero-order chi connectivity index (χ0) is 14.5. The molecule has 0 bridgehead atoms. The predicted molar refractivity (Wildman–Crippen MR) is 81.0 cm³/mol. The second kappa shape index (κ2) is 6.83. The maximum absolute atomic E-state index is 12.1. The van der Waals surface area contributed by atoms with Gasteiger partial charge in [-0.25, -0.2) is 8.42 Å². The third kappa shape index (κ3) is 4.45. The Labute approximate surface area is 119 Å². The summed E-state index contributed by atoms with van der Waals surface area (Å²) >= 11 is 4.88. The highest BCUT2D eigenvalue weighted by Gasteiger charge is 2.18. The van der Waals surface area contributed by atoms with Gasteiger partial charge in [-0.3, -0.25) is 4.31 Å². The van der Waals surface area contributed by atoms with Gasteiger partial charge in [0.15, 0.2) is 0 Å². The second-order valence-electron chi connectivity index (χ2n) is 3.90. The average Bonchev–Trinajstić information content (AvgIpc) is 2.38. The van der Waals surface area contributed by atoms with Crippen LogP contribution >= 0.6 is 12.2 Å². The monoisotopic (exact) mass is 302 g/mol. The molecule has 19 heavy (non-hydrogen) atoms. The largest absolute Gasteiger partial charge is 0.389 e. The van der Waals surface area contributed by atoms with Gasteiger partial charge in [-0.15, -0.1) is 0 Å². The summed E-state index contributed by atoms with van der Waals surface area (Å²) < 4.78 is 30.4. The molecule has 0 spiro atoms. The maximum Gasteiger partial charge on any atom is 0.237 e. The highest BCUT2D eigenvalue weighted by Crippen LogP contribution is 2.18. The lowest BCUT2D eigenvalue weighted by Gasteiger charge is -2.20. The number of hydrogen-bond acceptors (Lipinski definition) is 4. The van der Waals surface area contributed by atoms with E-state index in [2.05, 4.69) is 0 Å². The Balaban J connectivity index is 2.90. The van der Waals surface area contributed by atoms with Crippen LogP contribution in [0.1, 0.15) is 12.5 Å². The zero-order valence-corrected chi connectivity index (χ0v) is 12.6.